The van der Waals surface area contributed by atoms with E-state index in [1.54, 1.807) is 23.9 Å². The van der Waals surface area contributed by atoms with Gasteiger partial charge in [-0.25, -0.2) is 9.97 Å². The van der Waals surface area contributed by atoms with Crippen LogP contribution in [0.15, 0.2) is 40.2 Å². The highest BCUT2D eigenvalue weighted by atomic mass is 16.2. The number of hydrogen-bond acceptors (Lipinski definition) is 6. The number of nitrogens with zero attached hydrogens (tertiary/aromatic N) is 4. The molecule has 0 saturated carbocycles. The number of fused-ring (bicyclic) bond motifs is 1. The van der Waals surface area contributed by atoms with Crippen LogP contribution in [0.1, 0.15) is 36.9 Å². The molecule has 1 amide bonds. The molecule has 2 aromatic heterocycles. The summed E-state index contributed by atoms with van der Waals surface area (Å²) < 4.78 is 1.56. The predicted octanol–water partition coefficient (Wildman–Crippen LogP) is 1.66. The minimum Gasteiger partial charge on any atom is -0.353 e. The van der Waals surface area contributed by atoms with Gasteiger partial charge in [0.2, 0.25) is 11.9 Å². The molecule has 0 unspecified atom stereocenters. The number of aromatic nitrogens is 4. The van der Waals surface area contributed by atoms with Gasteiger partial charge in [-0.05, 0) is 45.2 Å². The summed E-state index contributed by atoms with van der Waals surface area (Å²) >= 11 is 0. The lowest BCUT2D eigenvalue weighted by molar-refractivity contribution is -0.122. The summed E-state index contributed by atoms with van der Waals surface area (Å²) in [6, 6.07) is 7.35. The van der Waals surface area contributed by atoms with Crippen molar-refractivity contribution in [3.63, 3.8) is 0 Å². The van der Waals surface area contributed by atoms with Crippen LogP contribution >= 0.6 is 0 Å². The maximum Gasteiger partial charge on any atom is 0.261 e. The van der Waals surface area contributed by atoms with E-state index in [0.29, 0.717) is 54.9 Å². The zero-order chi connectivity index (χ0) is 22.7. The van der Waals surface area contributed by atoms with Crippen molar-refractivity contribution in [1.82, 2.24) is 24.8 Å². The number of anilines is 1. The number of hydrogen-bond donors (Lipinski definition) is 2. The number of nitrogens with one attached hydrogen (secondary N) is 2. The molecule has 9 heteroatoms. The summed E-state index contributed by atoms with van der Waals surface area (Å²) in [6.45, 7) is 5.49. The van der Waals surface area contributed by atoms with E-state index in [1.165, 1.54) is 0 Å². The SMILES string of the molecule is Cc1nc(N2CCC(NC(=O)CCCn3cnc4ccccc4c3=O)CC2)[nH]c(=O)c1C. The Hall–Kier alpha value is -3.49. The van der Waals surface area contributed by atoms with Crippen LogP contribution < -0.4 is 21.3 Å². The summed E-state index contributed by atoms with van der Waals surface area (Å²) in [4.78, 5) is 50.6. The number of carbonyl (C=O) groups is 1. The van der Waals surface area contributed by atoms with Crippen LogP contribution in [0.25, 0.3) is 10.9 Å². The van der Waals surface area contributed by atoms with Gasteiger partial charge in [-0.3, -0.25) is 23.9 Å². The number of amides is 1. The fraction of sp³-hybridized carbons (Fsp3) is 0.435. The van der Waals surface area contributed by atoms with E-state index in [0.717, 1.165) is 18.5 Å². The number of para-hydroxylation sites is 1. The number of aromatic amines is 1. The summed E-state index contributed by atoms with van der Waals surface area (Å²) in [7, 11) is 0. The third-order valence-electron chi connectivity index (χ3n) is 6.08. The van der Waals surface area contributed by atoms with Gasteiger partial charge in [-0.2, -0.15) is 0 Å². The molecule has 168 valence electrons. The topological polar surface area (TPSA) is 113 Å². The number of carbonyl (C=O) groups excluding carboxylic acids is 1. The van der Waals surface area contributed by atoms with Crippen LogP contribution in [-0.2, 0) is 11.3 Å². The number of aryl methyl sites for hydroxylation is 2. The first-order valence-corrected chi connectivity index (χ1v) is 11.0. The molecule has 1 aliphatic rings. The molecule has 0 aliphatic carbocycles. The Morgan fingerprint density at radius 2 is 1.94 bits per heavy atom. The Labute approximate surface area is 185 Å². The first-order valence-electron chi connectivity index (χ1n) is 11.0. The molecule has 1 saturated heterocycles. The van der Waals surface area contributed by atoms with Gasteiger partial charge < -0.3 is 10.2 Å². The average molecular weight is 437 g/mol. The average Bonchev–Trinajstić information content (AvgIpc) is 2.79. The Morgan fingerprint density at radius 3 is 2.69 bits per heavy atom. The summed E-state index contributed by atoms with van der Waals surface area (Å²) in [5.41, 5.74) is 1.86. The van der Waals surface area contributed by atoms with E-state index in [-0.39, 0.29) is 23.1 Å². The van der Waals surface area contributed by atoms with Crippen molar-refractivity contribution in [3.05, 3.63) is 62.6 Å². The van der Waals surface area contributed by atoms with E-state index >= 15 is 0 Å². The first-order chi connectivity index (χ1) is 15.4. The summed E-state index contributed by atoms with van der Waals surface area (Å²) in [6.07, 6.45) is 4.04. The largest absolute Gasteiger partial charge is 0.353 e. The van der Waals surface area contributed by atoms with E-state index in [4.69, 9.17) is 0 Å². The van der Waals surface area contributed by atoms with Crippen LogP contribution in [0, 0.1) is 13.8 Å². The molecule has 2 N–H and O–H groups in total. The second-order valence-corrected chi connectivity index (χ2v) is 8.29. The molecule has 9 nitrogen and oxygen atoms in total. The van der Waals surface area contributed by atoms with Gasteiger partial charge in [0, 0.05) is 43.4 Å². The van der Waals surface area contributed by atoms with Crippen LogP contribution in [0.3, 0.4) is 0 Å². The number of piperidine rings is 1. The van der Waals surface area contributed by atoms with Gasteiger partial charge in [0.15, 0.2) is 0 Å². The molecule has 3 heterocycles. The third-order valence-corrected chi connectivity index (χ3v) is 6.08. The predicted molar refractivity (Wildman–Crippen MR) is 123 cm³/mol. The highest BCUT2D eigenvalue weighted by molar-refractivity contribution is 5.77. The van der Waals surface area contributed by atoms with Crippen molar-refractivity contribution < 1.29 is 4.79 Å². The monoisotopic (exact) mass is 436 g/mol. The normalized spacial score (nSPS) is 14.6. The van der Waals surface area contributed by atoms with Crippen molar-refractivity contribution in [2.24, 2.45) is 0 Å². The fourth-order valence-corrected chi connectivity index (χ4v) is 3.99. The van der Waals surface area contributed by atoms with Gasteiger partial charge >= 0.3 is 0 Å². The van der Waals surface area contributed by atoms with Crippen molar-refractivity contribution in [2.75, 3.05) is 18.0 Å². The molecule has 0 bridgehead atoms. The van der Waals surface area contributed by atoms with Crippen molar-refractivity contribution >= 4 is 22.8 Å². The lowest BCUT2D eigenvalue weighted by atomic mass is 10.0. The van der Waals surface area contributed by atoms with Crippen molar-refractivity contribution in [2.45, 2.75) is 52.1 Å². The Bertz CT molecular complexity index is 1240. The van der Waals surface area contributed by atoms with Crippen LogP contribution in [0.4, 0.5) is 5.95 Å². The number of benzene rings is 1. The summed E-state index contributed by atoms with van der Waals surface area (Å²) in [5, 5.41) is 3.68. The lowest BCUT2D eigenvalue weighted by Crippen LogP contribution is -2.45. The van der Waals surface area contributed by atoms with Gasteiger partial charge in [-0.15, -0.1) is 0 Å². The molecule has 3 aromatic rings. The van der Waals surface area contributed by atoms with E-state index in [9.17, 15) is 14.4 Å². The molecule has 1 aliphatic heterocycles. The lowest BCUT2D eigenvalue weighted by Gasteiger charge is -2.32. The molecule has 0 spiro atoms. The maximum atomic E-state index is 12.5. The molecule has 0 radical (unpaired) electrons. The maximum absolute atomic E-state index is 12.5. The van der Waals surface area contributed by atoms with Crippen molar-refractivity contribution in [1.29, 1.82) is 0 Å². The van der Waals surface area contributed by atoms with Crippen LogP contribution in [0.2, 0.25) is 0 Å². The second kappa shape index (κ2) is 9.33. The Morgan fingerprint density at radius 1 is 1.19 bits per heavy atom. The highest BCUT2D eigenvalue weighted by Crippen LogP contribution is 2.16. The number of rotatable bonds is 6. The smallest absolute Gasteiger partial charge is 0.261 e. The van der Waals surface area contributed by atoms with Gasteiger partial charge in [0.25, 0.3) is 11.1 Å². The third kappa shape index (κ3) is 4.71. The van der Waals surface area contributed by atoms with Crippen LogP contribution in [-0.4, -0.2) is 44.6 Å². The van der Waals surface area contributed by atoms with E-state index in [2.05, 4.69) is 25.2 Å². The standard InChI is InChI=1S/C23H28N6O3/c1-15-16(2)25-23(27-21(15)31)28-12-9-17(10-13-28)26-20(30)8-5-11-29-14-24-19-7-4-3-6-18(19)22(29)32/h3-4,6-7,14,17H,5,8-13H2,1-2H3,(H,26,30)(H,25,27,31). The molecule has 0 atom stereocenters. The zero-order valence-electron chi connectivity index (χ0n) is 18.4. The fourth-order valence-electron chi connectivity index (χ4n) is 3.99. The van der Waals surface area contributed by atoms with Gasteiger partial charge in [0.1, 0.15) is 0 Å². The minimum absolute atomic E-state index is 0.0111. The zero-order valence-corrected chi connectivity index (χ0v) is 18.4. The molecule has 1 fully saturated rings. The molecular weight excluding hydrogens is 408 g/mol. The van der Waals surface area contributed by atoms with Crippen LogP contribution in [0.5, 0.6) is 0 Å². The molecule has 4 rings (SSSR count). The van der Waals surface area contributed by atoms with Crippen molar-refractivity contribution in [3.8, 4) is 0 Å². The quantitative estimate of drug-likeness (QED) is 0.608. The first kappa shape index (κ1) is 21.7. The molecule has 32 heavy (non-hydrogen) atoms. The summed E-state index contributed by atoms with van der Waals surface area (Å²) in [5.74, 6) is 0.584. The number of H-pyrrole nitrogens is 1. The van der Waals surface area contributed by atoms with E-state index < -0.39 is 0 Å². The van der Waals surface area contributed by atoms with Gasteiger partial charge in [-0.1, -0.05) is 12.1 Å². The molecule has 1 aromatic carbocycles. The second-order valence-electron chi connectivity index (χ2n) is 8.29. The highest BCUT2D eigenvalue weighted by Gasteiger charge is 2.22. The molecular formula is C23H28N6O3. The minimum atomic E-state index is -0.108. The Kier molecular flexibility index (Phi) is 6.34. The van der Waals surface area contributed by atoms with Gasteiger partial charge in [0.05, 0.1) is 17.2 Å². The van der Waals surface area contributed by atoms with E-state index in [1.807, 2.05) is 25.1 Å². The Balaban J connectivity index is 1.25.